The first-order valence-electron chi connectivity index (χ1n) is 9.93. The fourth-order valence-electron chi connectivity index (χ4n) is 3.78. The van der Waals surface area contributed by atoms with E-state index >= 15 is 0 Å². The van der Waals surface area contributed by atoms with Crippen molar-refractivity contribution in [1.29, 1.82) is 0 Å². The standard InChI is InChI=1S/C22H25N3O2S/c26-20-5-1-3-18-13-17(15-23-22(18)24-20)6-7-21(27)25-10-8-16(9-11-25)14-19-4-2-12-28-19/h2,4,8,12-13,15H,1,3,5-7,9-11,14H2,(H,23,24,26). The molecular formula is C22H25N3O2S. The largest absolute Gasteiger partial charge is 0.339 e. The molecule has 2 aromatic rings. The third-order valence-corrected chi connectivity index (χ3v) is 6.27. The molecule has 1 N–H and O–H groups in total. The van der Waals surface area contributed by atoms with Crippen molar-refractivity contribution in [2.75, 3.05) is 18.4 Å². The summed E-state index contributed by atoms with van der Waals surface area (Å²) in [5.41, 5.74) is 3.58. The molecule has 0 saturated heterocycles. The van der Waals surface area contributed by atoms with Crippen LogP contribution in [0.15, 0.2) is 41.4 Å². The number of thiophene rings is 1. The quantitative estimate of drug-likeness (QED) is 0.784. The maximum Gasteiger partial charge on any atom is 0.225 e. The minimum absolute atomic E-state index is 0.0331. The van der Waals surface area contributed by atoms with Gasteiger partial charge in [0.15, 0.2) is 0 Å². The van der Waals surface area contributed by atoms with Gasteiger partial charge in [-0.05, 0) is 48.3 Å². The zero-order valence-electron chi connectivity index (χ0n) is 15.9. The van der Waals surface area contributed by atoms with Crippen molar-refractivity contribution < 1.29 is 9.59 Å². The summed E-state index contributed by atoms with van der Waals surface area (Å²) in [5, 5.41) is 4.97. The van der Waals surface area contributed by atoms with Gasteiger partial charge in [0.25, 0.3) is 0 Å². The SMILES string of the molecule is O=C1CCCc2cc(CCC(=O)N3CC=C(Cc4cccs4)CC3)cnc2N1. The Kier molecular flexibility index (Phi) is 5.86. The third-order valence-electron chi connectivity index (χ3n) is 5.40. The second-order valence-electron chi connectivity index (χ2n) is 7.46. The van der Waals surface area contributed by atoms with Crippen LogP contribution in [0.25, 0.3) is 0 Å². The number of rotatable bonds is 5. The maximum absolute atomic E-state index is 12.6. The number of amides is 2. The highest BCUT2D eigenvalue weighted by Gasteiger charge is 2.18. The molecule has 6 heteroatoms. The average Bonchev–Trinajstić information content (AvgIpc) is 3.14. The minimum Gasteiger partial charge on any atom is -0.339 e. The van der Waals surface area contributed by atoms with E-state index in [0.717, 1.165) is 43.4 Å². The van der Waals surface area contributed by atoms with Gasteiger partial charge in [-0.1, -0.05) is 23.8 Å². The highest BCUT2D eigenvalue weighted by Crippen LogP contribution is 2.22. The van der Waals surface area contributed by atoms with Crippen LogP contribution in [0.3, 0.4) is 0 Å². The molecule has 2 aliphatic heterocycles. The molecule has 4 heterocycles. The van der Waals surface area contributed by atoms with E-state index in [1.807, 2.05) is 4.90 Å². The van der Waals surface area contributed by atoms with Crippen molar-refractivity contribution in [1.82, 2.24) is 9.88 Å². The highest BCUT2D eigenvalue weighted by atomic mass is 32.1. The molecule has 0 fully saturated rings. The predicted octanol–water partition coefficient (Wildman–Crippen LogP) is 3.75. The Morgan fingerprint density at radius 2 is 2.21 bits per heavy atom. The van der Waals surface area contributed by atoms with Gasteiger partial charge in [-0.3, -0.25) is 9.59 Å². The molecule has 4 rings (SSSR count). The lowest BCUT2D eigenvalue weighted by atomic mass is 10.0. The summed E-state index contributed by atoms with van der Waals surface area (Å²) in [6.45, 7) is 1.53. The van der Waals surface area contributed by atoms with E-state index < -0.39 is 0 Å². The van der Waals surface area contributed by atoms with Gasteiger partial charge in [-0.15, -0.1) is 11.3 Å². The summed E-state index contributed by atoms with van der Waals surface area (Å²) in [4.78, 5) is 32.0. The van der Waals surface area contributed by atoms with Gasteiger partial charge < -0.3 is 10.2 Å². The predicted molar refractivity (Wildman–Crippen MR) is 111 cm³/mol. The molecule has 0 bridgehead atoms. The Balaban J connectivity index is 1.29. The lowest BCUT2D eigenvalue weighted by Gasteiger charge is -2.26. The van der Waals surface area contributed by atoms with Crippen molar-refractivity contribution in [2.24, 2.45) is 0 Å². The van der Waals surface area contributed by atoms with Gasteiger partial charge in [0.1, 0.15) is 5.82 Å². The Labute approximate surface area is 169 Å². The third kappa shape index (κ3) is 4.68. The van der Waals surface area contributed by atoms with Crippen molar-refractivity contribution in [3.8, 4) is 0 Å². The van der Waals surface area contributed by atoms with E-state index in [1.165, 1.54) is 10.5 Å². The van der Waals surface area contributed by atoms with Crippen molar-refractivity contribution >= 4 is 29.0 Å². The van der Waals surface area contributed by atoms with Crippen LogP contribution in [0, 0.1) is 0 Å². The summed E-state index contributed by atoms with van der Waals surface area (Å²) >= 11 is 1.79. The van der Waals surface area contributed by atoms with E-state index in [4.69, 9.17) is 0 Å². The highest BCUT2D eigenvalue weighted by molar-refractivity contribution is 7.09. The molecule has 2 aliphatic rings. The summed E-state index contributed by atoms with van der Waals surface area (Å²) in [5.74, 6) is 0.914. The summed E-state index contributed by atoms with van der Waals surface area (Å²) in [6.07, 6.45) is 9.41. The summed E-state index contributed by atoms with van der Waals surface area (Å²) in [6, 6.07) is 6.35. The minimum atomic E-state index is 0.0331. The van der Waals surface area contributed by atoms with E-state index in [0.29, 0.717) is 31.6 Å². The number of hydrogen-bond acceptors (Lipinski definition) is 4. The van der Waals surface area contributed by atoms with Crippen LogP contribution in [0.4, 0.5) is 5.82 Å². The Morgan fingerprint density at radius 1 is 1.29 bits per heavy atom. The Morgan fingerprint density at radius 3 is 3.00 bits per heavy atom. The monoisotopic (exact) mass is 395 g/mol. The number of nitrogens with zero attached hydrogens (tertiary/aromatic N) is 2. The molecule has 0 aromatic carbocycles. The Bertz CT molecular complexity index is 889. The van der Waals surface area contributed by atoms with Crippen LogP contribution in [-0.2, 0) is 28.9 Å². The van der Waals surface area contributed by atoms with Gasteiger partial charge in [0.2, 0.25) is 11.8 Å². The van der Waals surface area contributed by atoms with Crippen LogP contribution < -0.4 is 5.32 Å². The van der Waals surface area contributed by atoms with Gasteiger partial charge in [0, 0.05) is 43.4 Å². The van der Waals surface area contributed by atoms with Crippen LogP contribution in [0.1, 0.15) is 41.7 Å². The molecule has 2 aromatic heterocycles. The normalized spacial score (nSPS) is 16.8. The topological polar surface area (TPSA) is 62.3 Å². The second kappa shape index (κ2) is 8.69. The fourth-order valence-corrected chi connectivity index (χ4v) is 4.54. The average molecular weight is 396 g/mol. The molecule has 0 spiro atoms. The van der Waals surface area contributed by atoms with E-state index in [9.17, 15) is 9.59 Å². The number of nitrogens with one attached hydrogen (secondary N) is 1. The van der Waals surface area contributed by atoms with Crippen molar-refractivity contribution in [2.45, 2.75) is 44.9 Å². The van der Waals surface area contributed by atoms with Gasteiger partial charge in [-0.2, -0.15) is 0 Å². The van der Waals surface area contributed by atoms with Gasteiger partial charge >= 0.3 is 0 Å². The molecule has 28 heavy (non-hydrogen) atoms. The molecule has 2 amide bonds. The Hall–Kier alpha value is -2.47. The molecule has 146 valence electrons. The maximum atomic E-state index is 12.6. The second-order valence-corrected chi connectivity index (χ2v) is 8.49. The lowest BCUT2D eigenvalue weighted by molar-refractivity contribution is -0.130. The van der Waals surface area contributed by atoms with Crippen molar-refractivity contribution in [3.63, 3.8) is 0 Å². The van der Waals surface area contributed by atoms with Crippen LogP contribution in [-0.4, -0.2) is 34.8 Å². The van der Waals surface area contributed by atoms with E-state index in [1.54, 1.807) is 17.5 Å². The first-order valence-corrected chi connectivity index (χ1v) is 10.8. The molecule has 0 saturated carbocycles. The van der Waals surface area contributed by atoms with Gasteiger partial charge in [-0.25, -0.2) is 4.98 Å². The zero-order valence-corrected chi connectivity index (χ0v) is 16.8. The number of anilines is 1. The van der Waals surface area contributed by atoms with Crippen LogP contribution in [0.5, 0.6) is 0 Å². The smallest absolute Gasteiger partial charge is 0.225 e. The molecule has 0 unspecified atom stereocenters. The summed E-state index contributed by atoms with van der Waals surface area (Å²) < 4.78 is 0. The molecule has 0 radical (unpaired) electrons. The first kappa shape index (κ1) is 18.9. The molecular weight excluding hydrogens is 370 g/mol. The van der Waals surface area contributed by atoms with E-state index in [-0.39, 0.29) is 11.8 Å². The number of carbonyl (C=O) groups excluding carboxylic acids is 2. The zero-order chi connectivity index (χ0) is 19.3. The molecule has 5 nitrogen and oxygen atoms in total. The number of hydrogen-bond donors (Lipinski definition) is 1. The fraction of sp³-hybridized carbons (Fsp3) is 0.409. The number of aryl methyl sites for hydroxylation is 2. The molecule has 0 aliphatic carbocycles. The number of aromatic nitrogens is 1. The molecule has 0 atom stereocenters. The van der Waals surface area contributed by atoms with Crippen LogP contribution >= 0.6 is 11.3 Å². The van der Waals surface area contributed by atoms with E-state index in [2.05, 4.69) is 40.0 Å². The van der Waals surface area contributed by atoms with Crippen molar-refractivity contribution in [3.05, 3.63) is 57.4 Å². The number of fused-ring (bicyclic) bond motifs is 1. The van der Waals surface area contributed by atoms with Gasteiger partial charge in [0.05, 0.1) is 0 Å². The number of carbonyl (C=O) groups is 2. The first-order chi connectivity index (χ1) is 13.7. The summed E-state index contributed by atoms with van der Waals surface area (Å²) in [7, 11) is 0. The van der Waals surface area contributed by atoms with Crippen LogP contribution in [0.2, 0.25) is 0 Å². The number of pyridine rings is 1. The lowest BCUT2D eigenvalue weighted by Crippen LogP contribution is -2.35.